The van der Waals surface area contributed by atoms with Crippen LogP contribution in [0, 0.1) is 23.7 Å². The molecule has 4 aliphatic rings. The van der Waals surface area contributed by atoms with Crippen LogP contribution in [0.2, 0.25) is 0 Å². The van der Waals surface area contributed by atoms with Gasteiger partial charge in [0, 0.05) is 23.8 Å². The highest BCUT2D eigenvalue weighted by atomic mass is 16.6. The maximum atomic E-state index is 11.5. The van der Waals surface area contributed by atoms with E-state index in [2.05, 4.69) is 38.0 Å². The molecule has 184 valence electrons. The predicted octanol–water partition coefficient (Wildman–Crippen LogP) is 4.18. The molecule has 0 aromatic rings. The van der Waals surface area contributed by atoms with E-state index in [1.807, 2.05) is 0 Å². The second-order valence-corrected chi connectivity index (χ2v) is 8.47. The zero-order chi connectivity index (χ0) is 25.8. The van der Waals surface area contributed by atoms with Gasteiger partial charge >= 0.3 is 23.9 Å². The smallest absolute Gasteiger partial charge is 0.330 e. The van der Waals surface area contributed by atoms with Crippen LogP contribution in [0.15, 0.2) is 50.1 Å². The summed E-state index contributed by atoms with van der Waals surface area (Å²) >= 11 is 0. The summed E-state index contributed by atoms with van der Waals surface area (Å²) in [7, 11) is 1.31. The van der Waals surface area contributed by atoms with Gasteiger partial charge in [0.25, 0.3) is 0 Å². The van der Waals surface area contributed by atoms with Crippen LogP contribution >= 0.6 is 0 Å². The largest absolute Gasteiger partial charge is 0.478 e. The maximum Gasteiger partial charge on any atom is 0.330 e. The number of esters is 2. The van der Waals surface area contributed by atoms with E-state index in [0.717, 1.165) is 24.0 Å². The van der Waals surface area contributed by atoms with Gasteiger partial charge in [-0.05, 0) is 69.6 Å². The molecule has 8 nitrogen and oxygen atoms in total. The number of carbonyl (C=O) groups excluding carboxylic acids is 2. The Morgan fingerprint density at radius 3 is 1.42 bits per heavy atom. The van der Waals surface area contributed by atoms with Gasteiger partial charge in [-0.2, -0.15) is 0 Å². The normalized spacial score (nSPS) is 27.4. The molecule has 33 heavy (non-hydrogen) atoms. The quantitative estimate of drug-likeness (QED) is 0.458. The molecule has 0 radical (unpaired) electrons. The molecular formula is C25H36O8. The van der Waals surface area contributed by atoms with Crippen molar-refractivity contribution < 1.29 is 38.9 Å². The van der Waals surface area contributed by atoms with E-state index in [4.69, 9.17) is 14.9 Å². The van der Waals surface area contributed by atoms with Crippen molar-refractivity contribution in [2.75, 3.05) is 7.11 Å². The third-order valence-electron chi connectivity index (χ3n) is 6.15. The Kier molecular flexibility index (Phi) is 12.7. The minimum absolute atomic E-state index is 0.176. The third-order valence-corrected chi connectivity index (χ3v) is 6.15. The van der Waals surface area contributed by atoms with Gasteiger partial charge in [-0.15, -0.1) is 0 Å². The molecule has 0 unspecified atom stereocenters. The first-order chi connectivity index (χ1) is 15.3. The van der Waals surface area contributed by atoms with Crippen molar-refractivity contribution in [3.8, 4) is 0 Å². The topological polar surface area (TPSA) is 127 Å². The van der Waals surface area contributed by atoms with Crippen molar-refractivity contribution in [3.05, 3.63) is 50.1 Å². The van der Waals surface area contributed by atoms with E-state index in [0.29, 0.717) is 11.8 Å². The fourth-order valence-electron chi connectivity index (χ4n) is 4.63. The highest BCUT2D eigenvalue weighted by Gasteiger charge is 2.56. The molecule has 0 atom stereocenters. The number of carbonyl (C=O) groups is 4. The first-order valence-electron chi connectivity index (χ1n) is 10.6. The average Bonchev–Trinajstić information content (AvgIpc) is 2.77. The SMILES string of the molecule is C=C(C)C(=O)O.C=CC(=O)O.C=CC(=O)OC.C=CC(=O)OC1(C)C2CC3CC(C2)CC1C3. The standard InChI is InChI=1S/C14H20O2.2C4H6O2.C3H4O2/c1-3-13(15)16-14(2)11-5-9-4-10(7-11)8-12(14)6-9;1-3-4(5)6-2;1-3(2)4(5)6;1-2-3(4)5/h3,9-12H,1,4-8H2,2H3;3H,1H2,2H3;1H2,2H3,(H,5,6);2H,1H2,(H,4,5). The zero-order valence-electron chi connectivity index (χ0n) is 19.7. The molecule has 0 aliphatic heterocycles. The maximum absolute atomic E-state index is 11.5. The van der Waals surface area contributed by atoms with Gasteiger partial charge in [-0.25, -0.2) is 19.2 Å². The lowest BCUT2D eigenvalue weighted by Crippen LogP contribution is -2.57. The molecule has 0 saturated heterocycles. The van der Waals surface area contributed by atoms with Crippen molar-refractivity contribution in [1.29, 1.82) is 0 Å². The number of aliphatic carboxylic acids is 2. The van der Waals surface area contributed by atoms with E-state index in [-0.39, 0.29) is 17.1 Å². The van der Waals surface area contributed by atoms with E-state index in [1.54, 1.807) is 0 Å². The number of carboxylic acid groups (broad SMARTS) is 2. The first-order valence-corrected chi connectivity index (χ1v) is 10.6. The van der Waals surface area contributed by atoms with E-state index in [9.17, 15) is 19.2 Å². The fourth-order valence-corrected chi connectivity index (χ4v) is 4.63. The summed E-state index contributed by atoms with van der Waals surface area (Å²) in [5, 5.41) is 15.5. The summed E-state index contributed by atoms with van der Waals surface area (Å²) in [6.07, 6.45) is 9.76. The Bertz CT molecular complexity index is 722. The lowest BCUT2D eigenvalue weighted by molar-refractivity contribution is -0.198. The molecule has 4 aliphatic carbocycles. The van der Waals surface area contributed by atoms with Crippen LogP contribution in [-0.2, 0) is 28.7 Å². The summed E-state index contributed by atoms with van der Waals surface area (Å²) in [4.78, 5) is 40.2. The summed E-state index contributed by atoms with van der Waals surface area (Å²) in [5.41, 5.74) is -0.0198. The third kappa shape index (κ3) is 9.89. The fraction of sp³-hybridized carbons (Fsp3) is 0.520. The summed E-state index contributed by atoms with van der Waals surface area (Å²) in [6, 6.07) is 0. The lowest BCUT2D eigenvalue weighted by atomic mass is 9.50. The summed E-state index contributed by atoms with van der Waals surface area (Å²) < 4.78 is 9.85. The Morgan fingerprint density at radius 1 is 0.848 bits per heavy atom. The van der Waals surface area contributed by atoms with Crippen LogP contribution < -0.4 is 0 Å². The van der Waals surface area contributed by atoms with Crippen LogP contribution in [0.3, 0.4) is 0 Å². The average molecular weight is 465 g/mol. The van der Waals surface area contributed by atoms with Crippen molar-refractivity contribution in [1.82, 2.24) is 0 Å². The molecular weight excluding hydrogens is 428 g/mol. The molecule has 4 saturated carbocycles. The minimum Gasteiger partial charge on any atom is -0.478 e. The van der Waals surface area contributed by atoms with Gasteiger partial charge in [-0.3, -0.25) is 0 Å². The summed E-state index contributed by atoms with van der Waals surface area (Å²) in [6.45, 7) is 16.4. The van der Waals surface area contributed by atoms with Crippen LogP contribution in [0.4, 0.5) is 0 Å². The van der Waals surface area contributed by atoms with Crippen LogP contribution in [-0.4, -0.2) is 46.8 Å². The van der Waals surface area contributed by atoms with Gasteiger partial charge in [-0.1, -0.05) is 26.3 Å². The number of hydrogen-bond acceptors (Lipinski definition) is 6. The van der Waals surface area contributed by atoms with Crippen LogP contribution in [0.25, 0.3) is 0 Å². The molecule has 4 fully saturated rings. The van der Waals surface area contributed by atoms with Crippen molar-refractivity contribution in [2.45, 2.75) is 51.6 Å². The Labute approximate surface area is 195 Å². The van der Waals surface area contributed by atoms with E-state index < -0.39 is 17.9 Å². The van der Waals surface area contributed by atoms with E-state index in [1.165, 1.54) is 52.2 Å². The number of carboxylic acids is 2. The molecule has 4 rings (SSSR count). The predicted molar refractivity (Wildman–Crippen MR) is 124 cm³/mol. The summed E-state index contributed by atoms with van der Waals surface area (Å²) in [5.74, 6) is 0.487. The first kappa shape index (κ1) is 29.8. The zero-order valence-corrected chi connectivity index (χ0v) is 19.7. The second kappa shape index (κ2) is 14.1. The Hall–Kier alpha value is -3.16. The molecule has 0 amide bonds. The number of hydrogen-bond donors (Lipinski definition) is 2. The highest BCUT2D eigenvalue weighted by molar-refractivity contribution is 5.84. The molecule has 0 aromatic heterocycles. The van der Waals surface area contributed by atoms with Crippen molar-refractivity contribution in [3.63, 3.8) is 0 Å². The van der Waals surface area contributed by atoms with Crippen molar-refractivity contribution >= 4 is 23.9 Å². The number of methoxy groups -OCH3 is 1. The minimum atomic E-state index is -0.981. The molecule has 0 spiro atoms. The van der Waals surface area contributed by atoms with Crippen LogP contribution in [0.5, 0.6) is 0 Å². The molecule has 0 aromatic carbocycles. The molecule has 2 N–H and O–H groups in total. The van der Waals surface area contributed by atoms with Gasteiger partial charge in [0.1, 0.15) is 5.60 Å². The van der Waals surface area contributed by atoms with Crippen molar-refractivity contribution in [2.24, 2.45) is 23.7 Å². The van der Waals surface area contributed by atoms with Gasteiger partial charge in [0.05, 0.1) is 7.11 Å². The molecule has 4 bridgehead atoms. The van der Waals surface area contributed by atoms with Crippen LogP contribution in [0.1, 0.15) is 46.0 Å². The highest BCUT2D eigenvalue weighted by Crippen LogP contribution is 2.59. The van der Waals surface area contributed by atoms with Gasteiger partial charge in [0.2, 0.25) is 0 Å². The number of ether oxygens (including phenoxy) is 2. The monoisotopic (exact) mass is 464 g/mol. The second-order valence-electron chi connectivity index (χ2n) is 8.47. The Morgan fingerprint density at radius 2 is 1.21 bits per heavy atom. The lowest BCUT2D eigenvalue weighted by Gasteiger charge is -2.58. The number of rotatable bonds is 5. The van der Waals surface area contributed by atoms with E-state index >= 15 is 0 Å². The Balaban J connectivity index is 0.000000503. The molecule has 0 heterocycles. The molecule has 8 heteroatoms. The van der Waals surface area contributed by atoms with Gasteiger partial charge in [0.15, 0.2) is 0 Å². The van der Waals surface area contributed by atoms with Gasteiger partial charge < -0.3 is 19.7 Å².